The maximum atomic E-state index is 9.38. The zero-order chi connectivity index (χ0) is 18.8. The first-order chi connectivity index (χ1) is 12.7. The number of nitrogens with zero attached hydrogens (tertiary/aromatic N) is 1. The molecular formula is C21H35N3O2. The van der Waals surface area contributed by atoms with E-state index >= 15 is 0 Å². The number of hydrogen-bond donors (Lipinski definition) is 3. The normalized spacial score (nSPS) is 14.1. The number of aliphatic imine (C=N–C) groups is 1. The fraction of sp³-hybridized carbons (Fsp3) is 0.667. The summed E-state index contributed by atoms with van der Waals surface area (Å²) in [7, 11) is 0. The van der Waals surface area contributed by atoms with Crippen molar-refractivity contribution in [3.8, 4) is 5.75 Å². The predicted octanol–water partition coefficient (Wildman–Crippen LogP) is 2.91. The van der Waals surface area contributed by atoms with Crippen molar-refractivity contribution < 1.29 is 9.84 Å². The van der Waals surface area contributed by atoms with Gasteiger partial charge in [-0.3, -0.25) is 4.99 Å². The van der Waals surface area contributed by atoms with Crippen molar-refractivity contribution in [3.05, 3.63) is 29.3 Å². The molecule has 0 spiro atoms. The van der Waals surface area contributed by atoms with Gasteiger partial charge in [0.05, 0.1) is 6.61 Å². The fourth-order valence-electron chi connectivity index (χ4n) is 3.45. The molecule has 0 amide bonds. The zero-order valence-corrected chi connectivity index (χ0v) is 16.6. The Morgan fingerprint density at radius 1 is 1.23 bits per heavy atom. The summed E-state index contributed by atoms with van der Waals surface area (Å²) in [5.41, 5.74) is 2.74. The molecule has 1 heterocycles. The molecule has 26 heavy (non-hydrogen) atoms. The third-order valence-corrected chi connectivity index (χ3v) is 5.52. The summed E-state index contributed by atoms with van der Waals surface area (Å²) in [6.45, 7) is 9.91. The Labute approximate surface area is 158 Å². The van der Waals surface area contributed by atoms with Gasteiger partial charge in [0.15, 0.2) is 5.96 Å². The van der Waals surface area contributed by atoms with E-state index in [9.17, 15) is 5.11 Å². The van der Waals surface area contributed by atoms with E-state index < -0.39 is 0 Å². The van der Waals surface area contributed by atoms with Gasteiger partial charge < -0.3 is 20.5 Å². The lowest BCUT2D eigenvalue weighted by molar-refractivity contribution is 0.175. The van der Waals surface area contributed by atoms with Crippen LogP contribution >= 0.6 is 0 Å². The Balaban J connectivity index is 1.90. The number of rotatable bonds is 10. The predicted molar refractivity (Wildman–Crippen MR) is 108 cm³/mol. The van der Waals surface area contributed by atoms with Crippen LogP contribution < -0.4 is 15.4 Å². The first-order valence-electron chi connectivity index (χ1n) is 10.0. The number of fused-ring (bicyclic) bond motifs is 1. The average Bonchev–Trinajstić information content (AvgIpc) is 3.13. The number of nitrogens with one attached hydrogen (secondary N) is 2. The highest BCUT2D eigenvalue weighted by molar-refractivity contribution is 5.79. The molecule has 0 unspecified atom stereocenters. The van der Waals surface area contributed by atoms with E-state index in [1.165, 1.54) is 11.1 Å². The maximum absolute atomic E-state index is 9.38. The number of hydrogen-bond acceptors (Lipinski definition) is 3. The summed E-state index contributed by atoms with van der Waals surface area (Å²) in [6.07, 6.45) is 4.84. The van der Waals surface area contributed by atoms with Gasteiger partial charge in [0.2, 0.25) is 0 Å². The lowest BCUT2D eigenvalue weighted by Crippen LogP contribution is -2.39. The minimum atomic E-state index is 0.0943. The number of aliphatic hydroxyl groups excluding tert-OH is 1. The molecule has 3 N–H and O–H groups in total. The number of aliphatic hydroxyl groups is 1. The topological polar surface area (TPSA) is 65.9 Å². The van der Waals surface area contributed by atoms with Crippen LogP contribution in [0.25, 0.3) is 0 Å². The SMILES string of the molecule is CCNC(=NCC(CC)(CC)CCO)NCCc1ccc2c(c1)CCO2. The van der Waals surface area contributed by atoms with Crippen LogP contribution in [-0.4, -0.2) is 43.9 Å². The molecule has 0 aliphatic carbocycles. The zero-order valence-electron chi connectivity index (χ0n) is 16.6. The van der Waals surface area contributed by atoms with Crippen LogP contribution in [0.2, 0.25) is 0 Å². The van der Waals surface area contributed by atoms with Crippen molar-refractivity contribution >= 4 is 5.96 Å². The smallest absolute Gasteiger partial charge is 0.191 e. The molecule has 0 saturated heterocycles. The van der Waals surface area contributed by atoms with Gasteiger partial charge in [-0.15, -0.1) is 0 Å². The van der Waals surface area contributed by atoms with Crippen LogP contribution in [0.3, 0.4) is 0 Å². The lowest BCUT2D eigenvalue weighted by atomic mass is 9.79. The second kappa shape index (κ2) is 10.4. The molecule has 0 radical (unpaired) electrons. The van der Waals surface area contributed by atoms with Crippen molar-refractivity contribution in [1.82, 2.24) is 10.6 Å². The Bertz CT molecular complexity index is 583. The standard InChI is InChI=1S/C21H35N3O2/c1-4-21(5-2,11-13-25)16-24-20(22-6-3)23-12-9-17-7-8-19-18(15-17)10-14-26-19/h7-8,15,25H,4-6,9-14,16H2,1-3H3,(H2,22,23,24). The van der Waals surface area contributed by atoms with E-state index in [1.54, 1.807) is 0 Å². The lowest BCUT2D eigenvalue weighted by Gasteiger charge is -2.29. The second-order valence-electron chi connectivity index (χ2n) is 7.09. The van der Waals surface area contributed by atoms with Gasteiger partial charge in [-0.1, -0.05) is 26.0 Å². The van der Waals surface area contributed by atoms with Gasteiger partial charge in [0, 0.05) is 32.7 Å². The maximum Gasteiger partial charge on any atom is 0.191 e. The van der Waals surface area contributed by atoms with Crippen molar-refractivity contribution in [2.75, 3.05) is 32.8 Å². The molecule has 0 fully saturated rings. The summed E-state index contributed by atoms with van der Waals surface area (Å²) in [5.74, 6) is 1.90. The van der Waals surface area contributed by atoms with Crippen molar-refractivity contribution in [1.29, 1.82) is 0 Å². The van der Waals surface area contributed by atoms with Crippen LogP contribution in [0.1, 0.15) is 51.2 Å². The van der Waals surface area contributed by atoms with Crippen LogP contribution in [0, 0.1) is 5.41 Å². The molecule has 1 aromatic rings. The third-order valence-electron chi connectivity index (χ3n) is 5.52. The highest BCUT2D eigenvalue weighted by atomic mass is 16.5. The molecule has 0 bridgehead atoms. The highest BCUT2D eigenvalue weighted by Crippen LogP contribution is 2.30. The second-order valence-corrected chi connectivity index (χ2v) is 7.09. The first-order valence-corrected chi connectivity index (χ1v) is 10.0. The van der Waals surface area contributed by atoms with E-state index in [0.717, 1.165) is 70.1 Å². The van der Waals surface area contributed by atoms with Gasteiger partial charge in [-0.2, -0.15) is 0 Å². The molecule has 5 nitrogen and oxygen atoms in total. The fourth-order valence-corrected chi connectivity index (χ4v) is 3.45. The Morgan fingerprint density at radius 3 is 2.73 bits per heavy atom. The Kier molecular flexibility index (Phi) is 8.23. The van der Waals surface area contributed by atoms with E-state index in [2.05, 4.69) is 49.6 Å². The van der Waals surface area contributed by atoms with E-state index in [4.69, 9.17) is 9.73 Å². The minimum absolute atomic E-state index is 0.0943. The average molecular weight is 362 g/mol. The first kappa shape index (κ1) is 20.6. The molecule has 0 atom stereocenters. The Hall–Kier alpha value is -1.75. The summed E-state index contributed by atoms with van der Waals surface area (Å²) in [6, 6.07) is 6.49. The van der Waals surface area contributed by atoms with Crippen molar-refractivity contribution in [3.63, 3.8) is 0 Å². The molecule has 1 aromatic carbocycles. The number of benzene rings is 1. The molecule has 1 aliphatic rings. The molecule has 146 valence electrons. The third kappa shape index (κ3) is 5.63. The molecule has 0 saturated carbocycles. The largest absolute Gasteiger partial charge is 0.493 e. The van der Waals surface area contributed by atoms with Gasteiger partial charge >= 0.3 is 0 Å². The van der Waals surface area contributed by atoms with Crippen LogP contribution in [0.4, 0.5) is 0 Å². The van der Waals surface area contributed by atoms with Crippen molar-refractivity contribution in [2.24, 2.45) is 10.4 Å². The van der Waals surface area contributed by atoms with Gasteiger partial charge in [-0.05, 0) is 55.2 Å². The summed E-state index contributed by atoms with van der Waals surface area (Å²) in [5, 5.41) is 16.2. The monoisotopic (exact) mass is 361 g/mol. The number of ether oxygens (including phenoxy) is 1. The van der Waals surface area contributed by atoms with E-state index in [1.807, 2.05) is 0 Å². The quantitative estimate of drug-likeness (QED) is 0.443. The molecular weight excluding hydrogens is 326 g/mol. The van der Waals surface area contributed by atoms with E-state index in [0.29, 0.717) is 0 Å². The summed E-state index contributed by atoms with van der Waals surface area (Å²) in [4.78, 5) is 4.80. The van der Waals surface area contributed by atoms with Gasteiger partial charge in [0.25, 0.3) is 0 Å². The summed E-state index contributed by atoms with van der Waals surface area (Å²) < 4.78 is 5.57. The highest BCUT2D eigenvalue weighted by Gasteiger charge is 2.25. The Morgan fingerprint density at radius 2 is 2.04 bits per heavy atom. The van der Waals surface area contributed by atoms with Crippen LogP contribution in [-0.2, 0) is 12.8 Å². The van der Waals surface area contributed by atoms with Crippen molar-refractivity contribution in [2.45, 2.75) is 52.9 Å². The summed E-state index contributed by atoms with van der Waals surface area (Å²) >= 11 is 0. The van der Waals surface area contributed by atoms with Crippen LogP contribution in [0.15, 0.2) is 23.2 Å². The minimum Gasteiger partial charge on any atom is -0.493 e. The molecule has 5 heteroatoms. The van der Waals surface area contributed by atoms with Gasteiger partial charge in [0.1, 0.15) is 5.75 Å². The molecule has 1 aliphatic heterocycles. The number of guanidine groups is 1. The molecule has 2 rings (SSSR count). The molecule has 0 aromatic heterocycles. The van der Waals surface area contributed by atoms with Gasteiger partial charge in [-0.25, -0.2) is 0 Å². The van der Waals surface area contributed by atoms with Crippen LogP contribution in [0.5, 0.6) is 5.75 Å². The van der Waals surface area contributed by atoms with E-state index in [-0.39, 0.29) is 12.0 Å².